The molecular formula is C10H23NO7S. The summed E-state index contributed by atoms with van der Waals surface area (Å²) in [6.07, 6.45) is 0. The van der Waals surface area contributed by atoms with Crippen molar-refractivity contribution >= 4 is 10.1 Å². The molecule has 0 spiro atoms. The summed E-state index contributed by atoms with van der Waals surface area (Å²) in [6, 6.07) is -0.974. The molecule has 0 aliphatic heterocycles. The molecule has 0 amide bonds. The zero-order valence-corrected chi connectivity index (χ0v) is 12.0. The average Bonchev–Trinajstić information content (AvgIpc) is 2.34. The lowest BCUT2D eigenvalue weighted by molar-refractivity contribution is -0.0120. The smallest absolute Gasteiger partial charge is 0.266 e. The highest BCUT2D eigenvalue weighted by Crippen LogP contribution is 2.08. The molecular weight excluding hydrogens is 278 g/mol. The third-order valence-electron chi connectivity index (χ3n) is 2.69. The Morgan fingerprint density at radius 2 is 1.47 bits per heavy atom. The zero-order valence-electron chi connectivity index (χ0n) is 11.2. The summed E-state index contributed by atoms with van der Waals surface area (Å²) in [6.45, 7) is -0.231. The maximum absolute atomic E-state index is 10.8. The molecule has 2 unspecified atom stereocenters. The molecule has 0 bridgehead atoms. The Balaban J connectivity index is 4.87. The Kier molecular flexibility index (Phi) is 9.44. The average molecular weight is 301 g/mol. The van der Waals surface area contributed by atoms with Crippen molar-refractivity contribution in [3.63, 3.8) is 0 Å². The van der Waals surface area contributed by atoms with Gasteiger partial charge >= 0.3 is 0 Å². The number of aliphatic hydroxyl groups excluding tert-OH is 2. The van der Waals surface area contributed by atoms with Gasteiger partial charge in [0.05, 0.1) is 44.3 Å². The van der Waals surface area contributed by atoms with Crippen LogP contribution in [0.25, 0.3) is 0 Å². The van der Waals surface area contributed by atoms with Gasteiger partial charge in [-0.3, -0.25) is 9.45 Å². The molecule has 0 aliphatic carbocycles. The summed E-state index contributed by atoms with van der Waals surface area (Å²) in [5.74, 6) is -0.493. The van der Waals surface area contributed by atoms with Crippen LogP contribution in [-0.4, -0.2) is 93.1 Å². The lowest BCUT2D eigenvalue weighted by atomic mass is 10.2. The Bertz CT molecular complexity index is 308. The number of rotatable bonds is 11. The highest BCUT2D eigenvalue weighted by atomic mass is 32.2. The molecule has 8 nitrogen and oxygen atoms in total. The van der Waals surface area contributed by atoms with E-state index in [0.717, 1.165) is 0 Å². The molecule has 116 valence electrons. The summed E-state index contributed by atoms with van der Waals surface area (Å²) in [4.78, 5) is 1.56. The van der Waals surface area contributed by atoms with Crippen LogP contribution >= 0.6 is 0 Å². The van der Waals surface area contributed by atoms with Crippen molar-refractivity contribution in [2.45, 2.75) is 12.1 Å². The fraction of sp³-hybridized carbons (Fsp3) is 1.00. The monoisotopic (exact) mass is 301 g/mol. The lowest BCUT2D eigenvalue weighted by Gasteiger charge is -2.35. The van der Waals surface area contributed by atoms with Gasteiger partial charge in [0.15, 0.2) is 0 Å². The minimum atomic E-state index is -4.12. The second kappa shape index (κ2) is 9.59. The SMILES string of the molecule is COCC(CO)N(CCS(=O)(=O)O)C(CO)COC. The molecule has 3 N–H and O–H groups in total. The van der Waals surface area contributed by atoms with E-state index in [1.54, 1.807) is 4.90 Å². The van der Waals surface area contributed by atoms with Crippen LogP contribution in [0.5, 0.6) is 0 Å². The fourth-order valence-electron chi connectivity index (χ4n) is 1.78. The summed E-state index contributed by atoms with van der Waals surface area (Å²) in [5.41, 5.74) is 0. The van der Waals surface area contributed by atoms with E-state index in [1.807, 2.05) is 0 Å². The van der Waals surface area contributed by atoms with Crippen molar-refractivity contribution in [1.82, 2.24) is 4.90 Å². The quantitative estimate of drug-likeness (QED) is 0.382. The summed E-state index contributed by atoms with van der Waals surface area (Å²) in [5, 5.41) is 18.6. The first kappa shape index (κ1) is 18.7. The maximum atomic E-state index is 10.8. The Morgan fingerprint density at radius 1 is 1.05 bits per heavy atom. The second-order valence-electron chi connectivity index (χ2n) is 4.11. The Labute approximate surface area is 113 Å². The van der Waals surface area contributed by atoms with Crippen LogP contribution in [0.2, 0.25) is 0 Å². The van der Waals surface area contributed by atoms with Gasteiger partial charge in [-0.1, -0.05) is 0 Å². The molecule has 9 heteroatoms. The minimum absolute atomic E-state index is 0.0397. The Hall–Kier alpha value is -0.290. The van der Waals surface area contributed by atoms with E-state index in [-0.39, 0.29) is 33.0 Å². The van der Waals surface area contributed by atoms with Crippen molar-refractivity contribution in [2.24, 2.45) is 0 Å². The molecule has 0 aromatic rings. The normalized spacial score (nSPS) is 15.7. The third kappa shape index (κ3) is 7.78. The first-order valence-corrected chi connectivity index (χ1v) is 7.41. The highest BCUT2D eigenvalue weighted by molar-refractivity contribution is 7.85. The Morgan fingerprint density at radius 3 is 1.74 bits per heavy atom. The van der Waals surface area contributed by atoms with Crippen LogP contribution in [0.3, 0.4) is 0 Å². The van der Waals surface area contributed by atoms with Crippen molar-refractivity contribution < 1.29 is 32.7 Å². The van der Waals surface area contributed by atoms with Crippen LogP contribution in [0.15, 0.2) is 0 Å². The molecule has 0 rings (SSSR count). The molecule has 0 aliphatic rings. The minimum Gasteiger partial charge on any atom is -0.395 e. The molecule has 0 aromatic heterocycles. The summed E-state index contributed by atoms with van der Waals surface area (Å²) in [7, 11) is -1.21. The molecule has 0 saturated carbocycles. The van der Waals surface area contributed by atoms with E-state index >= 15 is 0 Å². The van der Waals surface area contributed by atoms with Gasteiger partial charge in [-0.05, 0) is 0 Å². The lowest BCUT2D eigenvalue weighted by Crippen LogP contribution is -2.52. The van der Waals surface area contributed by atoms with Gasteiger partial charge in [-0.15, -0.1) is 0 Å². The fourth-order valence-corrected chi connectivity index (χ4v) is 2.22. The van der Waals surface area contributed by atoms with Crippen molar-refractivity contribution in [3.05, 3.63) is 0 Å². The highest BCUT2D eigenvalue weighted by Gasteiger charge is 2.26. The van der Waals surface area contributed by atoms with Gasteiger partial charge in [-0.25, -0.2) is 0 Å². The topological polar surface area (TPSA) is 117 Å². The summed E-state index contributed by atoms with van der Waals surface area (Å²) < 4.78 is 40.3. The number of hydrogen-bond donors (Lipinski definition) is 3. The van der Waals surface area contributed by atoms with Gasteiger partial charge in [0.2, 0.25) is 0 Å². The zero-order chi connectivity index (χ0) is 14.9. The largest absolute Gasteiger partial charge is 0.395 e. The van der Waals surface area contributed by atoms with Crippen LogP contribution < -0.4 is 0 Å². The van der Waals surface area contributed by atoms with Crippen molar-refractivity contribution in [1.29, 1.82) is 0 Å². The van der Waals surface area contributed by atoms with Gasteiger partial charge in [0.1, 0.15) is 0 Å². The number of methoxy groups -OCH3 is 2. The van der Waals surface area contributed by atoms with Crippen LogP contribution in [0.4, 0.5) is 0 Å². The molecule has 2 atom stereocenters. The molecule has 0 heterocycles. The maximum Gasteiger partial charge on any atom is 0.266 e. The van der Waals surface area contributed by atoms with Crippen LogP contribution in [0.1, 0.15) is 0 Å². The first-order chi connectivity index (χ1) is 8.89. The first-order valence-electron chi connectivity index (χ1n) is 5.80. The molecule has 19 heavy (non-hydrogen) atoms. The van der Waals surface area contributed by atoms with Gasteiger partial charge in [0.25, 0.3) is 10.1 Å². The third-order valence-corrected chi connectivity index (χ3v) is 3.38. The standard InChI is InChI=1S/C10H23NO7S/c1-17-7-9(5-12)11(3-4-19(14,15)16)10(6-13)8-18-2/h9-10,12-13H,3-8H2,1-2H3,(H,14,15,16). The number of ether oxygens (including phenoxy) is 2. The molecule has 0 fully saturated rings. The second-order valence-corrected chi connectivity index (χ2v) is 5.68. The van der Waals surface area contributed by atoms with E-state index in [2.05, 4.69) is 0 Å². The molecule has 0 aromatic carbocycles. The number of hydrogen-bond acceptors (Lipinski definition) is 7. The van der Waals surface area contributed by atoms with E-state index in [4.69, 9.17) is 14.0 Å². The molecule has 0 saturated heterocycles. The van der Waals surface area contributed by atoms with Crippen LogP contribution in [0, 0.1) is 0 Å². The summed E-state index contributed by atoms with van der Waals surface area (Å²) >= 11 is 0. The van der Waals surface area contributed by atoms with Crippen molar-refractivity contribution in [3.8, 4) is 0 Å². The van der Waals surface area contributed by atoms with Gasteiger partial charge in [0, 0.05) is 20.8 Å². The number of aliphatic hydroxyl groups is 2. The van der Waals surface area contributed by atoms with Gasteiger partial charge in [-0.2, -0.15) is 8.42 Å². The number of nitrogens with zero attached hydrogens (tertiary/aromatic N) is 1. The van der Waals surface area contributed by atoms with E-state index in [1.165, 1.54) is 14.2 Å². The van der Waals surface area contributed by atoms with E-state index in [0.29, 0.717) is 0 Å². The van der Waals surface area contributed by atoms with Gasteiger partial charge < -0.3 is 19.7 Å². The predicted octanol–water partition coefficient (Wildman–Crippen LogP) is -1.81. The van der Waals surface area contributed by atoms with E-state index in [9.17, 15) is 18.6 Å². The van der Waals surface area contributed by atoms with E-state index < -0.39 is 28.0 Å². The molecule has 0 radical (unpaired) electrons. The van der Waals surface area contributed by atoms with Crippen LogP contribution in [-0.2, 0) is 19.6 Å². The van der Waals surface area contributed by atoms with Crippen molar-refractivity contribution in [2.75, 3.05) is 52.9 Å². The predicted molar refractivity (Wildman–Crippen MR) is 68.6 cm³/mol.